The molecular formula is C6H7FO2. The van der Waals surface area contributed by atoms with Crippen LogP contribution in [0.1, 0.15) is 12.8 Å². The van der Waals surface area contributed by atoms with Crippen LogP contribution in [0, 0.1) is 0 Å². The van der Waals surface area contributed by atoms with Gasteiger partial charge in [-0.3, -0.25) is 0 Å². The van der Waals surface area contributed by atoms with Crippen molar-refractivity contribution in [2.45, 2.75) is 18.5 Å². The van der Waals surface area contributed by atoms with Crippen LogP contribution in [0.5, 0.6) is 0 Å². The van der Waals surface area contributed by atoms with Crippen molar-refractivity contribution < 1.29 is 14.3 Å². The Balaban J connectivity index is 2.40. The Kier molecular flexibility index (Phi) is 1.27. The molecule has 1 N–H and O–H groups in total. The number of hydrogen-bond donors (Lipinski definition) is 1. The molecule has 0 heterocycles. The molecule has 0 unspecified atom stereocenters. The van der Waals surface area contributed by atoms with Gasteiger partial charge in [-0.05, 0) is 18.9 Å². The molecule has 1 saturated carbocycles. The molecule has 0 atom stereocenters. The van der Waals surface area contributed by atoms with Crippen molar-refractivity contribution in [3.8, 4) is 0 Å². The number of carbonyl (C=O) groups is 1. The summed E-state index contributed by atoms with van der Waals surface area (Å²) >= 11 is 0. The number of carboxylic acid groups (broad SMARTS) is 1. The molecule has 50 valence electrons. The summed E-state index contributed by atoms with van der Waals surface area (Å²) in [6, 6.07) is 0. The van der Waals surface area contributed by atoms with E-state index >= 15 is 0 Å². The van der Waals surface area contributed by atoms with Crippen molar-refractivity contribution in [1.29, 1.82) is 0 Å². The monoisotopic (exact) mass is 130 g/mol. The molecule has 0 aromatic rings. The summed E-state index contributed by atoms with van der Waals surface area (Å²) in [4.78, 5) is 9.82. The molecule has 9 heavy (non-hydrogen) atoms. The summed E-state index contributed by atoms with van der Waals surface area (Å²) in [6.45, 7) is 0. The van der Waals surface area contributed by atoms with Crippen LogP contribution in [0.3, 0.4) is 0 Å². The van der Waals surface area contributed by atoms with Gasteiger partial charge in [0.15, 0.2) is 0 Å². The second kappa shape index (κ2) is 1.83. The van der Waals surface area contributed by atoms with Gasteiger partial charge < -0.3 is 5.11 Å². The number of rotatable bonds is 2. The maximum absolute atomic E-state index is 12.5. The Morgan fingerprint density at radius 2 is 2.22 bits per heavy atom. The average molecular weight is 130 g/mol. The average Bonchev–Trinajstić information content (AvgIpc) is 2.45. The predicted octanol–water partition coefficient (Wildman–Crippen LogP) is 1.13. The van der Waals surface area contributed by atoms with E-state index in [2.05, 4.69) is 0 Å². The van der Waals surface area contributed by atoms with Gasteiger partial charge in [-0.2, -0.15) is 0 Å². The van der Waals surface area contributed by atoms with E-state index in [4.69, 9.17) is 5.11 Å². The topological polar surface area (TPSA) is 37.3 Å². The summed E-state index contributed by atoms with van der Waals surface area (Å²) in [5, 5.41) is 8.05. The van der Waals surface area contributed by atoms with Gasteiger partial charge in [-0.25, -0.2) is 9.18 Å². The van der Waals surface area contributed by atoms with E-state index in [0.717, 1.165) is 12.2 Å². The molecule has 0 amide bonds. The van der Waals surface area contributed by atoms with Gasteiger partial charge >= 0.3 is 5.97 Å². The van der Waals surface area contributed by atoms with E-state index in [1.807, 2.05) is 0 Å². The minimum absolute atomic E-state index is 0.469. The van der Waals surface area contributed by atoms with Crippen molar-refractivity contribution in [2.24, 2.45) is 0 Å². The number of halogens is 1. The molecule has 1 aliphatic carbocycles. The Bertz CT molecular complexity index is 158. The quantitative estimate of drug-likeness (QED) is 0.569. The minimum Gasteiger partial charge on any atom is -0.478 e. The van der Waals surface area contributed by atoms with Crippen LogP contribution in [0.15, 0.2) is 12.2 Å². The highest BCUT2D eigenvalue weighted by Crippen LogP contribution is 2.40. The van der Waals surface area contributed by atoms with Crippen molar-refractivity contribution in [2.75, 3.05) is 0 Å². The van der Waals surface area contributed by atoms with Crippen molar-refractivity contribution in [1.82, 2.24) is 0 Å². The molecule has 1 aliphatic rings. The lowest BCUT2D eigenvalue weighted by molar-refractivity contribution is -0.131. The van der Waals surface area contributed by atoms with Crippen molar-refractivity contribution in [3.63, 3.8) is 0 Å². The van der Waals surface area contributed by atoms with Gasteiger partial charge in [0.05, 0.1) is 0 Å². The molecule has 0 aromatic carbocycles. The molecule has 3 heteroatoms. The van der Waals surface area contributed by atoms with Gasteiger partial charge in [-0.1, -0.05) is 0 Å². The second-order valence-corrected chi connectivity index (χ2v) is 2.21. The van der Waals surface area contributed by atoms with Crippen LogP contribution in [0.25, 0.3) is 0 Å². The predicted molar refractivity (Wildman–Crippen MR) is 29.8 cm³/mol. The Morgan fingerprint density at radius 3 is 2.56 bits per heavy atom. The fourth-order valence-corrected chi connectivity index (χ4v) is 0.507. The number of allylic oxidation sites excluding steroid dienone is 1. The number of alkyl halides is 1. The first-order chi connectivity index (χ1) is 4.12. The third-order valence-electron chi connectivity index (χ3n) is 1.25. The summed E-state index contributed by atoms with van der Waals surface area (Å²) in [6.07, 6.45) is 2.90. The van der Waals surface area contributed by atoms with E-state index in [1.165, 1.54) is 0 Å². The van der Waals surface area contributed by atoms with E-state index in [0.29, 0.717) is 12.8 Å². The second-order valence-electron chi connectivity index (χ2n) is 2.21. The summed E-state index contributed by atoms with van der Waals surface area (Å²) < 4.78 is 12.5. The van der Waals surface area contributed by atoms with Gasteiger partial charge in [0.25, 0.3) is 0 Å². The summed E-state index contributed by atoms with van der Waals surface area (Å²) in [7, 11) is 0. The van der Waals surface area contributed by atoms with Gasteiger partial charge in [0.2, 0.25) is 0 Å². The van der Waals surface area contributed by atoms with Crippen LogP contribution in [0.4, 0.5) is 4.39 Å². The lowest BCUT2D eigenvalue weighted by Crippen LogP contribution is -1.94. The molecule has 0 aromatic heterocycles. The first-order valence-corrected chi connectivity index (χ1v) is 2.73. The SMILES string of the molecule is O=C(O)C=CC1(F)CC1. The molecule has 0 radical (unpaired) electrons. The summed E-state index contributed by atoms with van der Waals surface area (Å²) in [5.74, 6) is -1.08. The fraction of sp³-hybridized carbons (Fsp3) is 0.500. The van der Waals surface area contributed by atoms with Crippen molar-refractivity contribution >= 4 is 5.97 Å². The first-order valence-electron chi connectivity index (χ1n) is 2.73. The minimum atomic E-state index is -1.28. The maximum atomic E-state index is 12.5. The number of hydrogen-bond acceptors (Lipinski definition) is 1. The van der Waals surface area contributed by atoms with Crippen molar-refractivity contribution in [3.05, 3.63) is 12.2 Å². The van der Waals surface area contributed by atoms with Crippen LogP contribution in [0.2, 0.25) is 0 Å². The third-order valence-corrected chi connectivity index (χ3v) is 1.25. The molecule has 2 nitrogen and oxygen atoms in total. The van der Waals surface area contributed by atoms with Crippen LogP contribution >= 0.6 is 0 Å². The zero-order chi connectivity index (χ0) is 6.91. The standard InChI is InChI=1S/C6H7FO2/c7-6(3-4-6)2-1-5(8)9/h1-2H,3-4H2,(H,8,9). The smallest absolute Gasteiger partial charge is 0.328 e. The van der Waals surface area contributed by atoms with Gasteiger partial charge in [0, 0.05) is 6.08 Å². The number of aliphatic carboxylic acids is 1. The Morgan fingerprint density at radius 1 is 1.67 bits per heavy atom. The zero-order valence-corrected chi connectivity index (χ0v) is 4.80. The first kappa shape index (κ1) is 6.26. The molecule has 0 saturated heterocycles. The normalized spacial score (nSPS) is 22.3. The van der Waals surface area contributed by atoms with E-state index in [-0.39, 0.29) is 0 Å². The van der Waals surface area contributed by atoms with E-state index in [1.54, 1.807) is 0 Å². The largest absolute Gasteiger partial charge is 0.478 e. The lowest BCUT2D eigenvalue weighted by Gasteiger charge is -1.89. The van der Waals surface area contributed by atoms with E-state index in [9.17, 15) is 9.18 Å². The molecular weight excluding hydrogens is 123 g/mol. The zero-order valence-electron chi connectivity index (χ0n) is 4.80. The lowest BCUT2D eigenvalue weighted by atomic mass is 10.3. The maximum Gasteiger partial charge on any atom is 0.328 e. The van der Waals surface area contributed by atoms with Gasteiger partial charge in [-0.15, -0.1) is 0 Å². The Hall–Kier alpha value is -0.860. The van der Waals surface area contributed by atoms with Crippen LogP contribution < -0.4 is 0 Å². The molecule has 1 fully saturated rings. The molecule has 0 bridgehead atoms. The third kappa shape index (κ3) is 1.83. The highest BCUT2D eigenvalue weighted by molar-refractivity contribution is 5.80. The van der Waals surface area contributed by atoms with Gasteiger partial charge in [0.1, 0.15) is 5.67 Å². The molecule has 0 aliphatic heterocycles. The fourth-order valence-electron chi connectivity index (χ4n) is 0.507. The van der Waals surface area contributed by atoms with E-state index < -0.39 is 11.6 Å². The highest BCUT2D eigenvalue weighted by Gasteiger charge is 2.40. The highest BCUT2D eigenvalue weighted by atomic mass is 19.1. The number of carboxylic acids is 1. The molecule has 1 rings (SSSR count). The Labute approximate surface area is 52.0 Å². The molecule has 0 spiro atoms. The van der Waals surface area contributed by atoms with Crippen LogP contribution in [-0.4, -0.2) is 16.7 Å². The van der Waals surface area contributed by atoms with Crippen LogP contribution in [-0.2, 0) is 4.79 Å². The summed E-state index contributed by atoms with van der Waals surface area (Å²) in [5.41, 5.74) is -1.28.